The predicted octanol–water partition coefficient (Wildman–Crippen LogP) is 1.12. The molecule has 0 saturated heterocycles. The number of hydrogen-bond acceptors (Lipinski definition) is 5. The molecule has 0 radical (unpaired) electrons. The Bertz CT molecular complexity index is 566. The number of hydrogen-bond donors (Lipinski definition) is 1. The quantitative estimate of drug-likeness (QED) is 0.644. The third-order valence-corrected chi connectivity index (χ3v) is 2.41. The van der Waals surface area contributed by atoms with Crippen molar-refractivity contribution < 1.29 is 14.3 Å². The van der Waals surface area contributed by atoms with Crippen LogP contribution >= 0.6 is 0 Å². The lowest BCUT2D eigenvalue weighted by atomic mass is 10.3. The maximum atomic E-state index is 11.5. The Morgan fingerprint density at radius 2 is 2.16 bits per heavy atom. The molecule has 2 rings (SSSR count). The maximum Gasteiger partial charge on any atom is 0.344 e. The number of esters is 1. The third kappa shape index (κ3) is 3.74. The van der Waals surface area contributed by atoms with E-state index in [-0.39, 0.29) is 13.2 Å². The average Bonchev–Trinajstić information content (AvgIpc) is 2.81. The number of ether oxygens (including phenoxy) is 2. The van der Waals surface area contributed by atoms with Crippen LogP contribution in [0.3, 0.4) is 0 Å². The van der Waals surface area contributed by atoms with Gasteiger partial charge in [0.2, 0.25) is 0 Å². The van der Waals surface area contributed by atoms with Crippen LogP contribution in [-0.2, 0) is 23.2 Å². The van der Waals surface area contributed by atoms with Gasteiger partial charge in [0.25, 0.3) is 0 Å². The van der Waals surface area contributed by atoms with Crippen LogP contribution in [0, 0.1) is 0 Å². The van der Waals surface area contributed by atoms with Crippen molar-refractivity contribution in [2.45, 2.75) is 6.61 Å². The van der Waals surface area contributed by atoms with E-state index in [1.54, 1.807) is 48.3 Å². The molecule has 0 fully saturated rings. The summed E-state index contributed by atoms with van der Waals surface area (Å²) in [5, 5.41) is 4.09. The average molecular weight is 261 g/mol. The van der Waals surface area contributed by atoms with Gasteiger partial charge in [-0.3, -0.25) is 4.68 Å². The lowest BCUT2D eigenvalue weighted by molar-refractivity contribution is -0.147. The van der Waals surface area contributed by atoms with Gasteiger partial charge in [-0.1, -0.05) is 12.1 Å². The SMILES string of the molecule is Cn1ccc(COC(=O)COc2ccccc2N)n1. The van der Waals surface area contributed by atoms with E-state index in [4.69, 9.17) is 15.2 Å². The fourth-order valence-electron chi connectivity index (χ4n) is 1.48. The second-order valence-electron chi connectivity index (χ2n) is 3.97. The van der Waals surface area contributed by atoms with Gasteiger partial charge >= 0.3 is 5.97 Å². The summed E-state index contributed by atoms with van der Waals surface area (Å²) in [6, 6.07) is 8.76. The number of aryl methyl sites for hydroxylation is 1. The number of carbonyl (C=O) groups excluding carboxylic acids is 1. The summed E-state index contributed by atoms with van der Waals surface area (Å²) in [4.78, 5) is 11.5. The van der Waals surface area contributed by atoms with Gasteiger partial charge in [0.1, 0.15) is 12.4 Å². The minimum atomic E-state index is -0.464. The van der Waals surface area contributed by atoms with Crippen LogP contribution in [-0.4, -0.2) is 22.4 Å². The Balaban J connectivity index is 1.77. The molecule has 1 aromatic heterocycles. The highest BCUT2D eigenvalue weighted by atomic mass is 16.6. The van der Waals surface area contributed by atoms with E-state index in [1.165, 1.54) is 0 Å². The number of nitrogens with zero attached hydrogens (tertiary/aromatic N) is 2. The van der Waals surface area contributed by atoms with Gasteiger partial charge < -0.3 is 15.2 Å². The van der Waals surface area contributed by atoms with Crippen LogP contribution in [0.2, 0.25) is 0 Å². The van der Waals surface area contributed by atoms with Gasteiger partial charge in [-0.15, -0.1) is 0 Å². The van der Waals surface area contributed by atoms with Gasteiger partial charge in [0.15, 0.2) is 6.61 Å². The molecule has 2 aromatic rings. The molecule has 0 aliphatic heterocycles. The van der Waals surface area contributed by atoms with E-state index >= 15 is 0 Å². The standard InChI is InChI=1S/C13H15N3O3/c1-16-7-6-10(15-16)8-19-13(17)9-18-12-5-3-2-4-11(12)14/h2-7H,8-9,14H2,1H3. The molecule has 100 valence electrons. The minimum Gasteiger partial charge on any atom is -0.480 e. The summed E-state index contributed by atoms with van der Waals surface area (Å²) in [6.07, 6.45) is 1.78. The molecule has 0 bridgehead atoms. The maximum absolute atomic E-state index is 11.5. The lowest BCUT2D eigenvalue weighted by Crippen LogP contribution is -2.15. The Morgan fingerprint density at radius 3 is 2.84 bits per heavy atom. The highest BCUT2D eigenvalue weighted by Crippen LogP contribution is 2.19. The predicted molar refractivity (Wildman–Crippen MR) is 69.4 cm³/mol. The summed E-state index contributed by atoms with van der Waals surface area (Å²) < 4.78 is 11.9. The zero-order valence-corrected chi connectivity index (χ0v) is 10.6. The second-order valence-corrected chi connectivity index (χ2v) is 3.97. The smallest absolute Gasteiger partial charge is 0.344 e. The molecular formula is C13H15N3O3. The van der Waals surface area contributed by atoms with Crippen LogP contribution in [0.4, 0.5) is 5.69 Å². The van der Waals surface area contributed by atoms with Crippen molar-refractivity contribution in [3.8, 4) is 5.75 Å². The molecule has 0 aliphatic rings. The van der Waals surface area contributed by atoms with E-state index in [0.29, 0.717) is 17.1 Å². The Kier molecular flexibility index (Phi) is 4.02. The molecule has 6 heteroatoms. The third-order valence-electron chi connectivity index (χ3n) is 2.41. The fourth-order valence-corrected chi connectivity index (χ4v) is 1.48. The first-order valence-corrected chi connectivity index (χ1v) is 5.76. The normalized spacial score (nSPS) is 10.2. The van der Waals surface area contributed by atoms with Crippen LogP contribution in [0.1, 0.15) is 5.69 Å². The Labute approximate surface area is 110 Å². The van der Waals surface area contributed by atoms with E-state index < -0.39 is 5.97 Å². The molecular weight excluding hydrogens is 246 g/mol. The summed E-state index contributed by atoms with van der Waals surface area (Å²) in [5.41, 5.74) is 6.86. The van der Waals surface area contributed by atoms with Crippen molar-refractivity contribution in [3.05, 3.63) is 42.2 Å². The minimum absolute atomic E-state index is 0.132. The number of nitrogens with two attached hydrogens (primary N) is 1. The zero-order valence-electron chi connectivity index (χ0n) is 10.6. The summed E-state index contributed by atoms with van der Waals surface area (Å²) in [6.45, 7) is -0.0473. The number of benzene rings is 1. The van der Waals surface area contributed by atoms with Crippen molar-refractivity contribution in [1.82, 2.24) is 9.78 Å². The number of para-hydroxylation sites is 2. The molecule has 1 aromatic carbocycles. The Morgan fingerprint density at radius 1 is 1.37 bits per heavy atom. The monoisotopic (exact) mass is 261 g/mol. The van der Waals surface area contributed by atoms with E-state index in [1.807, 2.05) is 0 Å². The number of anilines is 1. The van der Waals surface area contributed by atoms with E-state index in [2.05, 4.69) is 5.10 Å². The first kappa shape index (κ1) is 12.9. The molecule has 0 spiro atoms. The second kappa shape index (κ2) is 5.90. The number of nitrogen functional groups attached to an aromatic ring is 1. The summed E-state index contributed by atoms with van der Waals surface area (Å²) in [7, 11) is 1.80. The van der Waals surface area contributed by atoms with E-state index in [9.17, 15) is 4.79 Å². The van der Waals surface area contributed by atoms with Crippen LogP contribution in [0.15, 0.2) is 36.5 Å². The van der Waals surface area contributed by atoms with Gasteiger partial charge in [-0.25, -0.2) is 4.79 Å². The topological polar surface area (TPSA) is 79.4 Å². The van der Waals surface area contributed by atoms with Crippen molar-refractivity contribution in [3.63, 3.8) is 0 Å². The van der Waals surface area contributed by atoms with Crippen molar-refractivity contribution in [2.24, 2.45) is 7.05 Å². The van der Waals surface area contributed by atoms with Crippen LogP contribution in [0.25, 0.3) is 0 Å². The summed E-state index contributed by atoms with van der Waals surface area (Å²) in [5.74, 6) is 0.00573. The first-order chi connectivity index (χ1) is 9.15. The van der Waals surface area contributed by atoms with Crippen molar-refractivity contribution >= 4 is 11.7 Å². The Hall–Kier alpha value is -2.50. The van der Waals surface area contributed by atoms with Gasteiger partial charge in [0.05, 0.1) is 11.4 Å². The molecule has 6 nitrogen and oxygen atoms in total. The molecule has 19 heavy (non-hydrogen) atoms. The number of aromatic nitrogens is 2. The summed E-state index contributed by atoms with van der Waals surface area (Å²) >= 11 is 0. The number of carbonyl (C=O) groups is 1. The van der Waals surface area contributed by atoms with Crippen LogP contribution in [0.5, 0.6) is 5.75 Å². The molecule has 0 atom stereocenters. The molecule has 0 amide bonds. The first-order valence-electron chi connectivity index (χ1n) is 5.76. The van der Waals surface area contributed by atoms with Crippen molar-refractivity contribution in [1.29, 1.82) is 0 Å². The zero-order chi connectivity index (χ0) is 13.7. The van der Waals surface area contributed by atoms with Gasteiger partial charge in [-0.05, 0) is 18.2 Å². The highest BCUT2D eigenvalue weighted by molar-refractivity contribution is 5.71. The van der Waals surface area contributed by atoms with Gasteiger partial charge in [0, 0.05) is 13.2 Å². The van der Waals surface area contributed by atoms with Crippen LogP contribution < -0.4 is 10.5 Å². The molecule has 1 heterocycles. The number of rotatable bonds is 5. The van der Waals surface area contributed by atoms with E-state index in [0.717, 1.165) is 0 Å². The molecule has 0 unspecified atom stereocenters. The fraction of sp³-hybridized carbons (Fsp3) is 0.231. The molecule has 0 aliphatic carbocycles. The molecule has 0 saturated carbocycles. The largest absolute Gasteiger partial charge is 0.480 e. The lowest BCUT2D eigenvalue weighted by Gasteiger charge is -2.07. The van der Waals surface area contributed by atoms with Gasteiger partial charge in [-0.2, -0.15) is 5.10 Å². The van der Waals surface area contributed by atoms with Crippen molar-refractivity contribution in [2.75, 3.05) is 12.3 Å². The molecule has 2 N–H and O–H groups in total. The highest BCUT2D eigenvalue weighted by Gasteiger charge is 2.07.